The second kappa shape index (κ2) is 6.07. The molecule has 0 atom stereocenters. The summed E-state index contributed by atoms with van der Waals surface area (Å²) in [5.74, 6) is 5.56. The fourth-order valence-electron chi connectivity index (χ4n) is 1.95. The van der Waals surface area contributed by atoms with E-state index in [1.165, 1.54) is 0 Å². The van der Waals surface area contributed by atoms with E-state index >= 15 is 0 Å². The predicted octanol–water partition coefficient (Wildman–Crippen LogP) is -0.133. The zero-order valence-corrected chi connectivity index (χ0v) is 11.8. The van der Waals surface area contributed by atoms with Crippen molar-refractivity contribution >= 4 is 15.7 Å². The largest absolute Gasteiger partial charge is 0.337 e. The Labute approximate surface area is 118 Å². The van der Waals surface area contributed by atoms with Gasteiger partial charge >= 0.3 is 0 Å². The predicted molar refractivity (Wildman–Crippen MR) is 76.9 cm³/mol. The van der Waals surface area contributed by atoms with Crippen LogP contribution in [0.5, 0.6) is 0 Å². The van der Waals surface area contributed by atoms with Gasteiger partial charge in [-0.05, 0) is 24.3 Å². The van der Waals surface area contributed by atoms with Crippen LogP contribution in [0.2, 0.25) is 0 Å². The summed E-state index contributed by atoms with van der Waals surface area (Å²) in [5, 5.41) is 0. The van der Waals surface area contributed by atoms with Crippen molar-refractivity contribution in [1.29, 1.82) is 0 Å². The summed E-state index contributed by atoms with van der Waals surface area (Å²) < 4.78 is 22.7. The molecule has 1 amide bonds. The van der Waals surface area contributed by atoms with Crippen LogP contribution < -0.4 is 5.73 Å². The summed E-state index contributed by atoms with van der Waals surface area (Å²) in [4.78, 5) is 13.8. The van der Waals surface area contributed by atoms with Crippen molar-refractivity contribution in [1.82, 2.24) is 4.90 Å². The zero-order chi connectivity index (χ0) is 14.6. The van der Waals surface area contributed by atoms with Crippen molar-refractivity contribution in [2.24, 2.45) is 5.73 Å². The lowest BCUT2D eigenvalue weighted by Gasteiger charge is -2.26. The molecule has 2 N–H and O–H groups in total. The fraction of sp³-hybridized carbons (Fsp3) is 0.357. The second-order valence-corrected chi connectivity index (χ2v) is 6.83. The van der Waals surface area contributed by atoms with Crippen LogP contribution in [0.1, 0.15) is 15.9 Å². The summed E-state index contributed by atoms with van der Waals surface area (Å²) >= 11 is 0. The smallest absolute Gasteiger partial charge is 0.253 e. The van der Waals surface area contributed by atoms with Gasteiger partial charge in [0.25, 0.3) is 5.91 Å². The van der Waals surface area contributed by atoms with E-state index in [0.717, 1.165) is 5.56 Å². The first-order valence-corrected chi connectivity index (χ1v) is 8.13. The standard InChI is InChI=1S/C14H16N2O3S/c15-7-1-2-12-3-5-13(6-4-12)14(17)16-8-10-20(18,19)11-9-16/h3-6H,7-11,15H2. The lowest BCUT2D eigenvalue weighted by atomic mass is 10.1. The highest BCUT2D eigenvalue weighted by atomic mass is 32.2. The first kappa shape index (κ1) is 14.6. The molecular weight excluding hydrogens is 276 g/mol. The summed E-state index contributed by atoms with van der Waals surface area (Å²) in [6.45, 7) is 0.814. The molecule has 106 valence electrons. The van der Waals surface area contributed by atoms with Gasteiger partial charge in [0, 0.05) is 24.2 Å². The number of nitrogens with two attached hydrogens (primary N) is 1. The molecule has 1 saturated heterocycles. The maximum Gasteiger partial charge on any atom is 0.253 e. The summed E-state index contributed by atoms with van der Waals surface area (Å²) in [6, 6.07) is 6.92. The van der Waals surface area contributed by atoms with Gasteiger partial charge in [0.2, 0.25) is 0 Å². The summed E-state index contributed by atoms with van der Waals surface area (Å²) in [5.41, 5.74) is 6.63. The number of nitrogens with zero attached hydrogens (tertiary/aromatic N) is 1. The average Bonchev–Trinajstić information content (AvgIpc) is 2.45. The first-order chi connectivity index (χ1) is 9.52. The topological polar surface area (TPSA) is 80.5 Å². The minimum Gasteiger partial charge on any atom is -0.337 e. The van der Waals surface area contributed by atoms with Gasteiger partial charge in [-0.25, -0.2) is 8.42 Å². The number of carbonyl (C=O) groups is 1. The van der Waals surface area contributed by atoms with E-state index in [0.29, 0.717) is 12.1 Å². The van der Waals surface area contributed by atoms with Crippen LogP contribution in [-0.2, 0) is 9.84 Å². The zero-order valence-electron chi connectivity index (χ0n) is 11.0. The van der Waals surface area contributed by atoms with Gasteiger partial charge in [0.1, 0.15) is 0 Å². The molecule has 2 rings (SSSR count). The van der Waals surface area contributed by atoms with Crippen LogP contribution in [0.15, 0.2) is 24.3 Å². The molecule has 1 heterocycles. The number of hydrogen-bond acceptors (Lipinski definition) is 4. The van der Waals surface area contributed by atoms with E-state index in [-0.39, 0.29) is 30.5 Å². The minimum atomic E-state index is -2.97. The lowest BCUT2D eigenvalue weighted by molar-refractivity contribution is 0.0770. The molecule has 0 bridgehead atoms. The third kappa shape index (κ3) is 3.59. The van der Waals surface area contributed by atoms with Gasteiger partial charge in [-0.1, -0.05) is 11.8 Å². The van der Waals surface area contributed by atoms with Crippen LogP contribution in [0.25, 0.3) is 0 Å². The molecule has 0 aliphatic carbocycles. The van der Waals surface area contributed by atoms with Crippen molar-refractivity contribution in [2.75, 3.05) is 31.1 Å². The molecule has 6 heteroatoms. The number of sulfone groups is 1. The molecule has 1 aromatic rings. The van der Waals surface area contributed by atoms with Crippen LogP contribution in [0.3, 0.4) is 0 Å². The lowest BCUT2D eigenvalue weighted by Crippen LogP contribution is -2.43. The summed E-state index contributed by atoms with van der Waals surface area (Å²) in [6.07, 6.45) is 0. The summed E-state index contributed by atoms with van der Waals surface area (Å²) in [7, 11) is -2.97. The molecule has 0 spiro atoms. The molecule has 0 saturated carbocycles. The van der Waals surface area contributed by atoms with E-state index in [4.69, 9.17) is 5.73 Å². The molecule has 5 nitrogen and oxygen atoms in total. The third-order valence-corrected chi connectivity index (χ3v) is 4.71. The Balaban J connectivity index is 2.06. The van der Waals surface area contributed by atoms with Gasteiger partial charge in [-0.3, -0.25) is 4.79 Å². The highest BCUT2D eigenvalue weighted by molar-refractivity contribution is 7.91. The molecule has 0 radical (unpaired) electrons. The van der Waals surface area contributed by atoms with E-state index in [2.05, 4.69) is 11.8 Å². The Morgan fingerprint density at radius 1 is 1.20 bits per heavy atom. The van der Waals surface area contributed by atoms with Crippen molar-refractivity contribution in [2.45, 2.75) is 0 Å². The van der Waals surface area contributed by atoms with Crippen LogP contribution >= 0.6 is 0 Å². The van der Waals surface area contributed by atoms with E-state index in [9.17, 15) is 13.2 Å². The molecule has 20 heavy (non-hydrogen) atoms. The van der Waals surface area contributed by atoms with Crippen LogP contribution in [0, 0.1) is 11.8 Å². The molecular formula is C14H16N2O3S. The fourth-order valence-corrected chi connectivity index (χ4v) is 3.15. The van der Waals surface area contributed by atoms with Gasteiger partial charge in [0.05, 0.1) is 18.1 Å². The van der Waals surface area contributed by atoms with Crippen LogP contribution in [-0.4, -0.2) is 50.4 Å². The minimum absolute atomic E-state index is 0.0405. The average molecular weight is 292 g/mol. The molecule has 1 aliphatic heterocycles. The maximum atomic E-state index is 12.2. The van der Waals surface area contributed by atoms with Gasteiger partial charge in [-0.2, -0.15) is 0 Å². The highest BCUT2D eigenvalue weighted by Crippen LogP contribution is 2.11. The molecule has 0 aromatic heterocycles. The SMILES string of the molecule is NCC#Cc1ccc(C(=O)N2CCS(=O)(=O)CC2)cc1. The molecule has 0 unspecified atom stereocenters. The van der Waals surface area contributed by atoms with Gasteiger partial charge in [-0.15, -0.1) is 0 Å². The van der Waals surface area contributed by atoms with Gasteiger partial charge < -0.3 is 10.6 Å². The highest BCUT2D eigenvalue weighted by Gasteiger charge is 2.25. The number of hydrogen-bond donors (Lipinski definition) is 1. The van der Waals surface area contributed by atoms with E-state index in [1.807, 2.05) is 0 Å². The quantitative estimate of drug-likeness (QED) is 0.731. The Hall–Kier alpha value is -1.84. The molecule has 1 aromatic carbocycles. The normalized spacial score (nSPS) is 17.1. The Bertz CT molecular complexity index is 640. The van der Waals surface area contributed by atoms with E-state index < -0.39 is 9.84 Å². The van der Waals surface area contributed by atoms with Crippen LogP contribution in [0.4, 0.5) is 0 Å². The third-order valence-electron chi connectivity index (χ3n) is 3.10. The maximum absolute atomic E-state index is 12.2. The second-order valence-electron chi connectivity index (χ2n) is 4.53. The van der Waals surface area contributed by atoms with Crippen molar-refractivity contribution in [3.63, 3.8) is 0 Å². The Kier molecular flexibility index (Phi) is 4.42. The van der Waals surface area contributed by atoms with Crippen molar-refractivity contribution in [3.05, 3.63) is 35.4 Å². The number of benzene rings is 1. The van der Waals surface area contributed by atoms with E-state index in [1.54, 1.807) is 29.2 Å². The number of amides is 1. The Morgan fingerprint density at radius 2 is 1.80 bits per heavy atom. The first-order valence-electron chi connectivity index (χ1n) is 6.30. The molecule has 1 aliphatic rings. The number of rotatable bonds is 1. The van der Waals surface area contributed by atoms with Crippen molar-refractivity contribution in [3.8, 4) is 11.8 Å². The Morgan fingerprint density at radius 3 is 2.35 bits per heavy atom. The monoisotopic (exact) mass is 292 g/mol. The molecule has 1 fully saturated rings. The number of carbonyl (C=O) groups excluding carboxylic acids is 1. The van der Waals surface area contributed by atoms with Crippen molar-refractivity contribution < 1.29 is 13.2 Å². The van der Waals surface area contributed by atoms with Gasteiger partial charge in [0.15, 0.2) is 9.84 Å².